The van der Waals surface area contributed by atoms with Crippen molar-refractivity contribution in [3.63, 3.8) is 0 Å². The Morgan fingerprint density at radius 1 is 1.35 bits per heavy atom. The van der Waals surface area contributed by atoms with Crippen molar-refractivity contribution in [3.05, 3.63) is 50.6 Å². The lowest BCUT2D eigenvalue weighted by Crippen LogP contribution is -2.08. The van der Waals surface area contributed by atoms with E-state index < -0.39 is 0 Å². The number of hydrogen-bond acceptors (Lipinski definition) is 3. The molecule has 0 radical (unpaired) electrons. The quantitative estimate of drug-likeness (QED) is 0.830. The number of hydrogen-bond donors (Lipinski definition) is 1. The van der Waals surface area contributed by atoms with Crippen molar-refractivity contribution in [2.75, 3.05) is 6.54 Å². The van der Waals surface area contributed by atoms with E-state index in [0.717, 1.165) is 4.47 Å². The number of halogens is 1. The lowest BCUT2D eigenvalue weighted by atomic mass is 10.2. The van der Waals surface area contributed by atoms with Gasteiger partial charge in [0.1, 0.15) is 0 Å². The molecule has 0 saturated carbocycles. The van der Waals surface area contributed by atoms with Crippen molar-refractivity contribution < 1.29 is 0 Å². The van der Waals surface area contributed by atoms with E-state index in [0.29, 0.717) is 11.8 Å². The van der Waals surface area contributed by atoms with Gasteiger partial charge in [-0.25, -0.2) is 0 Å². The summed E-state index contributed by atoms with van der Waals surface area (Å²) in [6.07, 6.45) is 0. The second-order valence-corrected chi connectivity index (χ2v) is 6.79. The van der Waals surface area contributed by atoms with Crippen LogP contribution in [0.1, 0.15) is 15.7 Å². The molecule has 4 heteroatoms. The zero-order chi connectivity index (χ0) is 12.3. The van der Waals surface area contributed by atoms with Gasteiger partial charge in [-0.15, -0.1) is 23.1 Å². The first-order chi connectivity index (χ1) is 8.22. The highest BCUT2D eigenvalue weighted by molar-refractivity contribution is 9.10. The van der Waals surface area contributed by atoms with Crippen LogP contribution in [0.4, 0.5) is 0 Å². The highest BCUT2D eigenvalue weighted by Crippen LogP contribution is 2.40. The maximum absolute atomic E-state index is 5.90. The molecule has 0 spiro atoms. The third-order valence-corrected chi connectivity index (χ3v) is 6.07. The Hall–Kier alpha value is -0.290. The summed E-state index contributed by atoms with van der Waals surface area (Å²) in [5.74, 6) is 0. The highest BCUT2D eigenvalue weighted by Gasteiger charge is 2.16. The fourth-order valence-corrected chi connectivity index (χ4v) is 4.45. The van der Waals surface area contributed by atoms with Crippen LogP contribution in [0.5, 0.6) is 0 Å². The predicted octanol–water partition coefficient (Wildman–Crippen LogP) is 4.61. The highest BCUT2D eigenvalue weighted by atomic mass is 79.9. The summed E-state index contributed by atoms with van der Waals surface area (Å²) < 4.78 is 1.14. The summed E-state index contributed by atoms with van der Waals surface area (Å²) in [7, 11) is 0. The van der Waals surface area contributed by atoms with Crippen molar-refractivity contribution in [1.29, 1.82) is 0 Å². The average molecular weight is 328 g/mol. The Morgan fingerprint density at radius 3 is 2.71 bits per heavy atom. The van der Waals surface area contributed by atoms with Gasteiger partial charge in [-0.3, -0.25) is 0 Å². The van der Waals surface area contributed by atoms with E-state index >= 15 is 0 Å². The molecule has 1 nitrogen and oxygen atoms in total. The van der Waals surface area contributed by atoms with Gasteiger partial charge in [-0.05, 0) is 52.0 Å². The normalized spacial score (nSPS) is 12.6. The zero-order valence-electron chi connectivity index (χ0n) is 9.52. The van der Waals surface area contributed by atoms with Crippen molar-refractivity contribution in [2.24, 2.45) is 5.73 Å². The van der Waals surface area contributed by atoms with Crippen molar-refractivity contribution >= 4 is 39.0 Å². The third-order valence-electron chi connectivity index (χ3n) is 2.51. The fourth-order valence-electron chi connectivity index (χ4n) is 1.62. The molecule has 0 amide bonds. The second-order valence-electron chi connectivity index (χ2n) is 3.74. The number of aryl methyl sites for hydroxylation is 1. The van der Waals surface area contributed by atoms with Gasteiger partial charge in [0.15, 0.2) is 0 Å². The van der Waals surface area contributed by atoms with Gasteiger partial charge in [-0.1, -0.05) is 12.1 Å². The molecule has 1 heterocycles. The van der Waals surface area contributed by atoms with E-state index in [1.165, 1.54) is 15.3 Å². The fraction of sp³-hybridized carbons (Fsp3) is 0.231. The van der Waals surface area contributed by atoms with Gasteiger partial charge < -0.3 is 5.73 Å². The molecule has 2 aromatic rings. The third kappa shape index (κ3) is 3.13. The Morgan fingerprint density at radius 2 is 2.12 bits per heavy atom. The Balaban J connectivity index is 2.22. The smallest absolute Gasteiger partial charge is 0.0563 e. The summed E-state index contributed by atoms with van der Waals surface area (Å²) in [5, 5.41) is 2.47. The molecular formula is C13H14BrNS2. The summed E-state index contributed by atoms with van der Waals surface area (Å²) in [6.45, 7) is 2.81. The maximum Gasteiger partial charge on any atom is 0.0563 e. The van der Waals surface area contributed by atoms with Crippen LogP contribution < -0.4 is 5.73 Å². The SMILES string of the molecule is Cc1ccsc1C(CN)Sc1ccccc1Br. The molecule has 0 fully saturated rings. The number of thiophene rings is 1. The monoisotopic (exact) mass is 327 g/mol. The molecule has 0 bridgehead atoms. The summed E-state index contributed by atoms with van der Waals surface area (Å²) in [6, 6.07) is 10.4. The van der Waals surface area contributed by atoms with Gasteiger partial charge in [0.2, 0.25) is 0 Å². The number of thioether (sulfide) groups is 1. The van der Waals surface area contributed by atoms with E-state index in [2.05, 4.69) is 52.5 Å². The molecule has 2 rings (SSSR count). The van der Waals surface area contributed by atoms with Crippen LogP contribution >= 0.6 is 39.0 Å². The summed E-state index contributed by atoms with van der Waals surface area (Å²) in [4.78, 5) is 2.63. The second kappa shape index (κ2) is 6.05. The molecular weight excluding hydrogens is 314 g/mol. The molecule has 0 aliphatic heterocycles. The van der Waals surface area contributed by atoms with Crippen LogP contribution in [-0.2, 0) is 0 Å². The first kappa shape index (κ1) is 13.1. The predicted molar refractivity (Wildman–Crippen MR) is 80.9 cm³/mol. The van der Waals surface area contributed by atoms with Crippen molar-refractivity contribution in [2.45, 2.75) is 17.1 Å². The van der Waals surface area contributed by atoms with Crippen LogP contribution in [-0.4, -0.2) is 6.54 Å². The maximum atomic E-state index is 5.90. The van der Waals surface area contributed by atoms with E-state index in [1.54, 1.807) is 11.3 Å². The average Bonchev–Trinajstić information content (AvgIpc) is 2.75. The van der Waals surface area contributed by atoms with Crippen LogP contribution in [0.15, 0.2) is 45.1 Å². The molecule has 0 saturated heterocycles. The minimum Gasteiger partial charge on any atom is -0.329 e. The van der Waals surface area contributed by atoms with Crippen LogP contribution in [0, 0.1) is 6.92 Å². The number of benzene rings is 1. The van der Waals surface area contributed by atoms with Crippen LogP contribution in [0.3, 0.4) is 0 Å². The van der Waals surface area contributed by atoms with E-state index in [4.69, 9.17) is 5.73 Å². The van der Waals surface area contributed by atoms with E-state index in [1.807, 2.05) is 17.8 Å². The molecule has 17 heavy (non-hydrogen) atoms. The minimum atomic E-state index is 0.341. The zero-order valence-corrected chi connectivity index (χ0v) is 12.7. The first-order valence-corrected chi connectivity index (χ1v) is 7.93. The number of rotatable bonds is 4. The molecule has 2 N–H and O–H groups in total. The van der Waals surface area contributed by atoms with Crippen molar-refractivity contribution in [1.82, 2.24) is 0 Å². The molecule has 90 valence electrons. The van der Waals surface area contributed by atoms with E-state index in [9.17, 15) is 0 Å². The molecule has 1 aromatic heterocycles. The molecule has 1 unspecified atom stereocenters. The summed E-state index contributed by atoms with van der Waals surface area (Å²) >= 11 is 7.19. The largest absolute Gasteiger partial charge is 0.329 e. The lowest BCUT2D eigenvalue weighted by molar-refractivity contribution is 0.952. The molecule has 0 aliphatic rings. The van der Waals surface area contributed by atoms with Crippen LogP contribution in [0.2, 0.25) is 0 Å². The Labute approximate surface area is 119 Å². The van der Waals surface area contributed by atoms with Gasteiger partial charge in [0, 0.05) is 20.8 Å². The standard InChI is InChI=1S/C13H14BrNS2/c1-9-6-7-16-13(9)12(8-15)17-11-5-3-2-4-10(11)14/h2-7,12H,8,15H2,1H3. The van der Waals surface area contributed by atoms with Gasteiger partial charge >= 0.3 is 0 Å². The topological polar surface area (TPSA) is 26.0 Å². The Bertz CT molecular complexity index is 496. The van der Waals surface area contributed by atoms with Gasteiger partial charge in [0.05, 0.1) is 5.25 Å². The molecule has 1 atom stereocenters. The molecule has 1 aromatic carbocycles. The van der Waals surface area contributed by atoms with Gasteiger partial charge in [-0.2, -0.15) is 0 Å². The lowest BCUT2D eigenvalue weighted by Gasteiger charge is -2.15. The van der Waals surface area contributed by atoms with Gasteiger partial charge in [0.25, 0.3) is 0 Å². The molecule has 0 aliphatic carbocycles. The number of nitrogens with two attached hydrogens (primary N) is 1. The summed E-state index contributed by atoms with van der Waals surface area (Å²) in [5.41, 5.74) is 7.24. The van der Waals surface area contributed by atoms with Crippen LogP contribution in [0.25, 0.3) is 0 Å². The first-order valence-electron chi connectivity index (χ1n) is 5.37. The minimum absolute atomic E-state index is 0.341. The van der Waals surface area contributed by atoms with E-state index in [-0.39, 0.29) is 0 Å². The Kier molecular flexibility index (Phi) is 4.68. The van der Waals surface area contributed by atoms with Crippen molar-refractivity contribution in [3.8, 4) is 0 Å².